The normalized spacial score (nSPS) is 12.0. The van der Waals surface area contributed by atoms with Crippen molar-refractivity contribution in [3.8, 4) is 5.75 Å². The molecule has 1 N–H and O–H groups in total. The molecule has 0 aliphatic carbocycles. The van der Waals surface area contributed by atoms with E-state index < -0.39 is 9.84 Å². The van der Waals surface area contributed by atoms with Crippen LogP contribution in [0.1, 0.15) is 38.8 Å². The van der Waals surface area contributed by atoms with E-state index in [0.717, 1.165) is 0 Å². The number of pyridine rings is 1. The minimum absolute atomic E-state index is 0.0489. The van der Waals surface area contributed by atoms with Crippen LogP contribution in [0.5, 0.6) is 5.75 Å². The lowest BCUT2D eigenvalue weighted by Gasteiger charge is -2.09. The molecule has 16 heavy (non-hydrogen) atoms. The van der Waals surface area contributed by atoms with E-state index in [1.54, 1.807) is 6.92 Å². The number of aromatic nitrogens is 1. The lowest BCUT2D eigenvalue weighted by Crippen LogP contribution is -2.07. The highest BCUT2D eigenvalue weighted by Gasteiger charge is 2.17. The molecule has 0 atom stereocenters. The number of aromatic hydroxyl groups is 1. The molecule has 0 saturated heterocycles. The molecule has 5 heteroatoms. The SMILES string of the molecule is CCCS(=O)(=O)c1cnc(C(C)C)c(O)c1. The fourth-order valence-electron chi connectivity index (χ4n) is 1.45. The third kappa shape index (κ3) is 2.72. The van der Waals surface area contributed by atoms with Crippen molar-refractivity contribution < 1.29 is 13.5 Å². The summed E-state index contributed by atoms with van der Waals surface area (Å²) in [5.41, 5.74) is 0.524. The van der Waals surface area contributed by atoms with E-state index in [1.807, 2.05) is 13.8 Å². The lowest BCUT2D eigenvalue weighted by atomic mass is 10.1. The molecule has 0 bridgehead atoms. The summed E-state index contributed by atoms with van der Waals surface area (Å²) >= 11 is 0. The predicted molar refractivity (Wildman–Crippen MR) is 62.3 cm³/mol. The summed E-state index contributed by atoms with van der Waals surface area (Å²) in [6.45, 7) is 5.58. The van der Waals surface area contributed by atoms with Crippen LogP contribution in [-0.2, 0) is 9.84 Å². The van der Waals surface area contributed by atoms with E-state index in [4.69, 9.17) is 0 Å². The van der Waals surface area contributed by atoms with Crippen LogP contribution in [0, 0.1) is 0 Å². The first-order valence-electron chi connectivity index (χ1n) is 5.30. The maximum atomic E-state index is 11.7. The van der Waals surface area contributed by atoms with Gasteiger partial charge in [0.2, 0.25) is 0 Å². The fourth-order valence-corrected chi connectivity index (χ4v) is 2.72. The quantitative estimate of drug-likeness (QED) is 0.879. The number of sulfone groups is 1. The van der Waals surface area contributed by atoms with Crippen LogP contribution in [0.4, 0.5) is 0 Å². The Morgan fingerprint density at radius 2 is 2.06 bits per heavy atom. The van der Waals surface area contributed by atoms with Gasteiger partial charge in [0.05, 0.1) is 16.3 Å². The van der Waals surface area contributed by atoms with Crippen LogP contribution in [-0.4, -0.2) is 24.3 Å². The molecule has 0 fully saturated rings. The summed E-state index contributed by atoms with van der Waals surface area (Å²) in [5.74, 6) is 0.102. The molecule has 0 unspecified atom stereocenters. The molecule has 0 aliphatic rings. The molecule has 4 nitrogen and oxygen atoms in total. The van der Waals surface area contributed by atoms with Crippen LogP contribution in [0.15, 0.2) is 17.2 Å². The van der Waals surface area contributed by atoms with E-state index >= 15 is 0 Å². The zero-order chi connectivity index (χ0) is 12.3. The summed E-state index contributed by atoms with van der Waals surface area (Å²) in [6, 6.07) is 1.29. The first-order valence-corrected chi connectivity index (χ1v) is 6.95. The van der Waals surface area contributed by atoms with Crippen LogP contribution >= 0.6 is 0 Å². The molecule has 0 aromatic carbocycles. The van der Waals surface area contributed by atoms with E-state index in [0.29, 0.717) is 12.1 Å². The second-order valence-electron chi connectivity index (χ2n) is 4.05. The van der Waals surface area contributed by atoms with Crippen molar-refractivity contribution in [3.63, 3.8) is 0 Å². The highest BCUT2D eigenvalue weighted by molar-refractivity contribution is 7.91. The number of hydrogen-bond acceptors (Lipinski definition) is 4. The van der Waals surface area contributed by atoms with Crippen LogP contribution < -0.4 is 0 Å². The van der Waals surface area contributed by atoms with Gasteiger partial charge in [0.1, 0.15) is 5.75 Å². The molecule has 1 rings (SSSR count). The minimum atomic E-state index is -3.30. The highest BCUT2D eigenvalue weighted by atomic mass is 32.2. The second kappa shape index (κ2) is 4.82. The maximum absolute atomic E-state index is 11.7. The summed E-state index contributed by atoms with van der Waals surface area (Å²) in [5, 5.41) is 9.67. The molecule has 1 aromatic rings. The van der Waals surface area contributed by atoms with Gasteiger partial charge < -0.3 is 5.11 Å². The highest BCUT2D eigenvalue weighted by Crippen LogP contribution is 2.25. The summed E-state index contributed by atoms with van der Waals surface area (Å²) in [4.78, 5) is 4.09. The zero-order valence-electron chi connectivity index (χ0n) is 9.77. The Bertz CT molecular complexity index is 466. The van der Waals surface area contributed by atoms with E-state index in [9.17, 15) is 13.5 Å². The van der Waals surface area contributed by atoms with Crippen molar-refractivity contribution in [2.75, 3.05) is 5.75 Å². The topological polar surface area (TPSA) is 67.3 Å². The minimum Gasteiger partial charge on any atom is -0.506 e. The van der Waals surface area contributed by atoms with Crippen molar-refractivity contribution in [1.82, 2.24) is 4.98 Å². The Hall–Kier alpha value is -1.10. The molecule has 0 saturated carbocycles. The van der Waals surface area contributed by atoms with Gasteiger partial charge in [-0.25, -0.2) is 8.42 Å². The molecule has 0 spiro atoms. The third-order valence-corrected chi connectivity index (χ3v) is 4.14. The van der Waals surface area contributed by atoms with Gasteiger partial charge in [0.25, 0.3) is 0 Å². The maximum Gasteiger partial charge on any atom is 0.180 e. The largest absolute Gasteiger partial charge is 0.506 e. The number of nitrogens with zero attached hydrogens (tertiary/aromatic N) is 1. The standard InChI is InChI=1S/C11H17NO3S/c1-4-5-16(14,15)9-6-10(13)11(8(2)3)12-7-9/h6-8,13H,4-5H2,1-3H3. The molecule has 90 valence electrons. The fraction of sp³-hybridized carbons (Fsp3) is 0.545. The molecular weight excluding hydrogens is 226 g/mol. The van der Waals surface area contributed by atoms with Crippen molar-refractivity contribution in [1.29, 1.82) is 0 Å². The van der Waals surface area contributed by atoms with Crippen molar-refractivity contribution in [2.24, 2.45) is 0 Å². The monoisotopic (exact) mass is 243 g/mol. The molecule has 1 heterocycles. The van der Waals surface area contributed by atoms with Gasteiger partial charge in [-0.15, -0.1) is 0 Å². The van der Waals surface area contributed by atoms with Gasteiger partial charge in [0, 0.05) is 12.3 Å². The van der Waals surface area contributed by atoms with E-state index in [2.05, 4.69) is 4.98 Å². The van der Waals surface area contributed by atoms with Gasteiger partial charge in [-0.3, -0.25) is 4.98 Å². The van der Waals surface area contributed by atoms with Gasteiger partial charge in [-0.2, -0.15) is 0 Å². The molecule has 0 radical (unpaired) electrons. The molecule has 0 aliphatic heterocycles. The predicted octanol–water partition coefficient (Wildman–Crippen LogP) is 2.09. The first-order chi connectivity index (χ1) is 7.38. The van der Waals surface area contributed by atoms with Crippen LogP contribution in [0.3, 0.4) is 0 Å². The summed E-state index contributed by atoms with van der Waals surface area (Å²) in [6.07, 6.45) is 1.87. The van der Waals surface area contributed by atoms with Gasteiger partial charge in [0.15, 0.2) is 9.84 Å². The smallest absolute Gasteiger partial charge is 0.180 e. The molecular formula is C11H17NO3S. The Labute approximate surface area is 96.3 Å². The van der Waals surface area contributed by atoms with Crippen molar-refractivity contribution >= 4 is 9.84 Å². The van der Waals surface area contributed by atoms with Gasteiger partial charge >= 0.3 is 0 Å². The lowest BCUT2D eigenvalue weighted by molar-refractivity contribution is 0.457. The van der Waals surface area contributed by atoms with Gasteiger partial charge in [-0.1, -0.05) is 20.8 Å². The molecule has 1 aromatic heterocycles. The van der Waals surface area contributed by atoms with Gasteiger partial charge in [-0.05, 0) is 12.3 Å². The number of rotatable bonds is 4. The summed E-state index contributed by atoms with van der Waals surface area (Å²) < 4.78 is 23.4. The average Bonchev–Trinajstić information content (AvgIpc) is 2.16. The number of hydrogen-bond donors (Lipinski definition) is 1. The Morgan fingerprint density at radius 3 is 2.50 bits per heavy atom. The first kappa shape index (κ1) is 13.0. The summed E-state index contributed by atoms with van der Waals surface area (Å²) in [7, 11) is -3.30. The van der Waals surface area contributed by atoms with Crippen LogP contribution in [0.2, 0.25) is 0 Å². The Morgan fingerprint density at radius 1 is 1.44 bits per heavy atom. The second-order valence-corrected chi connectivity index (χ2v) is 6.16. The van der Waals surface area contributed by atoms with E-state index in [-0.39, 0.29) is 22.3 Å². The molecule has 0 amide bonds. The van der Waals surface area contributed by atoms with Crippen molar-refractivity contribution in [2.45, 2.75) is 38.0 Å². The zero-order valence-corrected chi connectivity index (χ0v) is 10.6. The van der Waals surface area contributed by atoms with Crippen molar-refractivity contribution in [3.05, 3.63) is 18.0 Å². The van der Waals surface area contributed by atoms with E-state index in [1.165, 1.54) is 12.3 Å². The Kier molecular flexibility index (Phi) is 3.91. The van der Waals surface area contributed by atoms with Crippen LogP contribution in [0.25, 0.3) is 0 Å². The Balaban J connectivity index is 3.16. The third-order valence-electron chi connectivity index (χ3n) is 2.25. The average molecular weight is 243 g/mol.